The average molecular weight is 264 g/mol. The van der Waals surface area contributed by atoms with Crippen molar-refractivity contribution < 1.29 is 0 Å². The highest BCUT2D eigenvalue weighted by Crippen LogP contribution is 2.18. The summed E-state index contributed by atoms with van der Waals surface area (Å²) in [6.45, 7) is 8.19. The number of anilines is 2. The van der Waals surface area contributed by atoms with Gasteiger partial charge in [0.1, 0.15) is 17.5 Å². The standard InChI is InChI=1S/C13H24N6/c1-4-5-11-15-12(14)10(2)13(16-11)17-19-8-6-18(3)7-9-19/h4-9H2,1-3H3,(H3,14,15,16,17). The number of hydrogen-bond donors (Lipinski definition) is 2. The van der Waals surface area contributed by atoms with E-state index in [1.165, 1.54) is 0 Å². The van der Waals surface area contributed by atoms with Crippen LogP contribution in [0.5, 0.6) is 0 Å². The minimum atomic E-state index is 0.579. The molecule has 1 aliphatic rings. The Kier molecular flexibility index (Phi) is 4.55. The lowest BCUT2D eigenvalue weighted by Crippen LogP contribution is -2.47. The lowest BCUT2D eigenvalue weighted by Gasteiger charge is -2.33. The lowest BCUT2D eigenvalue weighted by molar-refractivity contribution is 0.178. The number of nitrogens with one attached hydrogen (secondary N) is 1. The Morgan fingerprint density at radius 3 is 2.53 bits per heavy atom. The van der Waals surface area contributed by atoms with Crippen molar-refractivity contribution >= 4 is 11.6 Å². The zero-order valence-electron chi connectivity index (χ0n) is 12.1. The van der Waals surface area contributed by atoms with E-state index in [0.29, 0.717) is 5.82 Å². The maximum absolute atomic E-state index is 5.96. The Hall–Kier alpha value is -1.40. The Labute approximate surface area is 115 Å². The van der Waals surface area contributed by atoms with E-state index in [1.807, 2.05) is 6.92 Å². The second-order valence-corrected chi connectivity index (χ2v) is 5.15. The first-order valence-corrected chi connectivity index (χ1v) is 6.93. The molecule has 6 heteroatoms. The number of hydrogen-bond acceptors (Lipinski definition) is 6. The molecule has 0 bridgehead atoms. The molecule has 0 aliphatic carbocycles. The predicted molar refractivity (Wildman–Crippen MR) is 77.9 cm³/mol. The second kappa shape index (κ2) is 6.16. The van der Waals surface area contributed by atoms with E-state index in [-0.39, 0.29) is 0 Å². The van der Waals surface area contributed by atoms with Gasteiger partial charge in [0.15, 0.2) is 0 Å². The Balaban J connectivity index is 2.10. The summed E-state index contributed by atoms with van der Waals surface area (Å²) in [5.74, 6) is 2.25. The molecule has 1 fully saturated rings. The minimum Gasteiger partial charge on any atom is -0.383 e. The van der Waals surface area contributed by atoms with Crippen LogP contribution < -0.4 is 11.2 Å². The fourth-order valence-corrected chi connectivity index (χ4v) is 2.09. The van der Waals surface area contributed by atoms with Gasteiger partial charge in [-0.3, -0.25) is 0 Å². The maximum Gasteiger partial charge on any atom is 0.149 e. The van der Waals surface area contributed by atoms with E-state index in [2.05, 4.69) is 39.3 Å². The number of likely N-dealkylation sites (N-methyl/N-ethyl adjacent to an activating group) is 1. The van der Waals surface area contributed by atoms with Crippen molar-refractivity contribution in [1.82, 2.24) is 19.9 Å². The molecule has 106 valence electrons. The molecule has 0 radical (unpaired) electrons. The Morgan fingerprint density at radius 2 is 1.89 bits per heavy atom. The van der Waals surface area contributed by atoms with Crippen LogP contribution in [-0.4, -0.2) is 53.1 Å². The molecule has 0 atom stereocenters. The van der Waals surface area contributed by atoms with Crippen molar-refractivity contribution in [3.63, 3.8) is 0 Å². The summed E-state index contributed by atoms with van der Waals surface area (Å²) in [6.07, 6.45) is 1.89. The number of piperazine rings is 1. The van der Waals surface area contributed by atoms with Gasteiger partial charge in [-0.1, -0.05) is 6.92 Å². The third-order valence-corrected chi connectivity index (χ3v) is 3.47. The quantitative estimate of drug-likeness (QED) is 0.842. The molecule has 3 N–H and O–H groups in total. The topological polar surface area (TPSA) is 70.3 Å². The highest BCUT2D eigenvalue weighted by molar-refractivity contribution is 5.54. The number of aromatic nitrogens is 2. The lowest BCUT2D eigenvalue weighted by atomic mass is 10.2. The van der Waals surface area contributed by atoms with Crippen LogP contribution in [0.25, 0.3) is 0 Å². The summed E-state index contributed by atoms with van der Waals surface area (Å²) >= 11 is 0. The molecular formula is C13H24N6. The van der Waals surface area contributed by atoms with Crippen molar-refractivity contribution in [2.24, 2.45) is 0 Å². The molecule has 0 amide bonds. The van der Waals surface area contributed by atoms with E-state index < -0.39 is 0 Å². The minimum absolute atomic E-state index is 0.579. The summed E-state index contributed by atoms with van der Waals surface area (Å²) in [5, 5.41) is 2.20. The molecule has 2 rings (SSSR count). The van der Waals surface area contributed by atoms with Gasteiger partial charge in [0.25, 0.3) is 0 Å². The van der Waals surface area contributed by atoms with Crippen LogP contribution in [0, 0.1) is 6.92 Å². The van der Waals surface area contributed by atoms with Gasteiger partial charge < -0.3 is 16.1 Å². The van der Waals surface area contributed by atoms with Gasteiger partial charge in [0.05, 0.1) is 0 Å². The third kappa shape index (κ3) is 3.54. The van der Waals surface area contributed by atoms with Crippen LogP contribution in [0.3, 0.4) is 0 Å². The van der Waals surface area contributed by atoms with Crippen LogP contribution in [0.1, 0.15) is 24.7 Å². The van der Waals surface area contributed by atoms with Crippen LogP contribution in [-0.2, 0) is 6.42 Å². The fraction of sp³-hybridized carbons (Fsp3) is 0.692. The number of aryl methyl sites for hydroxylation is 1. The third-order valence-electron chi connectivity index (χ3n) is 3.47. The molecule has 0 spiro atoms. The van der Waals surface area contributed by atoms with E-state index in [4.69, 9.17) is 5.73 Å². The highest BCUT2D eigenvalue weighted by atomic mass is 15.5. The molecular weight excluding hydrogens is 240 g/mol. The van der Waals surface area contributed by atoms with Crippen molar-refractivity contribution in [2.45, 2.75) is 26.7 Å². The van der Waals surface area contributed by atoms with Gasteiger partial charge in [0.2, 0.25) is 0 Å². The molecule has 6 nitrogen and oxygen atoms in total. The number of rotatable bonds is 4. The van der Waals surface area contributed by atoms with Crippen LogP contribution in [0.2, 0.25) is 0 Å². The van der Waals surface area contributed by atoms with Gasteiger partial charge in [-0.2, -0.15) is 0 Å². The normalized spacial score (nSPS) is 17.6. The molecule has 2 heterocycles. The van der Waals surface area contributed by atoms with Crippen LogP contribution >= 0.6 is 0 Å². The van der Waals surface area contributed by atoms with E-state index in [9.17, 15) is 0 Å². The zero-order chi connectivity index (χ0) is 13.8. The molecule has 0 unspecified atom stereocenters. The first kappa shape index (κ1) is 14.0. The first-order valence-electron chi connectivity index (χ1n) is 6.93. The van der Waals surface area contributed by atoms with Gasteiger partial charge in [0, 0.05) is 38.2 Å². The number of nitrogens with zero attached hydrogens (tertiary/aromatic N) is 4. The first-order chi connectivity index (χ1) is 9.10. The highest BCUT2D eigenvalue weighted by Gasteiger charge is 2.16. The summed E-state index contributed by atoms with van der Waals surface area (Å²) in [6, 6.07) is 0. The van der Waals surface area contributed by atoms with Crippen molar-refractivity contribution in [3.05, 3.63) is 11.4 Å². The van der Waals surface area contributed by atoms with Gasteiger partial charge in [-0.05, 0) is 20.4 Å². The number of hydrazine groups is 1. The van der Waals surface area contributed by atoms with E-state index >= 15 is 0 Å². The number of nitrogen functional groups attached to an aromatic ring is 1. The second-order valence-electron chi connectivity index (χ2n) is 5.15. The molecule has 0 saturated carbocycles. The monoisotopic (exact) mass is 264 g/mol. The molecule has 1 aromatic rings. The SMILES string of the molecule is CCCc1nc(N)c(C)c(NN2CCN(C)CC2)n1. The fourth-order valence-electron chi connectivity index (χ4n) is 2.09. The molecule has 1 aromatic heterocycles. The summed E-state index contributed by atoms with van der Waals surface area (Å²) in [7, 11) is 2.14. The predicted octanol–water partition coefficient (Wildman–Crippen LogP) is 0.894. The van der Waals surface area contributed by atoms with Gasteiger partial charge in [-0.25, -0.2) is 15.0 Å². The molecule has 1 saturated heterocycles. The van der Waals surface area contributed by atoms with Crippen molar-refractivity contribution in [2.75, 3.05) is 44.4 Å². The van der Waals surface area contributed by atoms with E-state index in [0.717, 1.165) is 56.2 Å². The van der Waals surface area contributed by atoms with Crippen LogP contribution in [0.4, 0.5) is 11.6 Å². The van der Waals surface area contributed by atoms with Gasteiger partial charge >= 0.3 is 0 Å². The maximum atomic E-state index is 5.96. The Bertz CT molecular complexity index is 425. The Morgan fingerprint density at radius 1 is 1.21 bits per heavy atom. The summed E-state index contributed by atoms with van der Waals surface area (Å²) < 4.78 is 0. The summed E-state index contributed by atoms with van der Waals surface area (Å²) in [5.41, 5.74) is 10.3. The molecule has 1 aliphatic heterocycles. The van der Waals surface area contributed by atoms with Crippen molar-refractivity contribution in [3.8, 4) is 0 Å². The smallest absolute Gasteiger partial charge is 0.149 e. The van der Waals surface area contributed by atoms with Crippen LogP contribution in [0.15, 0.2) is 0 Å². The van der Waals surface area contributed by atoms with E-state index in [1.54, 1.807) is 0 Å². The average Bonchev–Trinajstić information content (AvgIpc) is 2.38. The van der Waals surface area contributed by atoms with Crippen molar-refractivity contribution in [1.29, 1.82) is 0 Å². The molecule has 19 heavy (non-hydrogen) atoms. The van der Waals surface area contributed by atoms with Gasteiger partial charge in [-0.15, -0.1) is 0 Å². The zero-order valence-corrected chi connectivity index (χ0v) is 12.1. The number of nitrogens with two attached hydrogens (primary N) is 1. The largest absolute Gasteiger partial charge is 0.383 e. The molecule has 0 aromatic carbocycles. The summed E-state index contributed by atoms with van der Waals surface area (Å²) in [4.78, 5) is 11.2.